The Kier molecular flexibility index (Phi) is 2.95. The minimum atomic E-state index is -1.09. The maximum absolute atomic E-state index is 12.1. The highest BCUT2D eigenvalue weighted by Crippen LogP contribution is 2.24. The lowest BCUT2D eigenvalue weighted by molar-refractivity contribution is 0.0697. The number of nitrogens with two attached hydrogens (primary N) is 1. The van der Waals surface area contributed by atoms with Crippen LogP contribution in [0.3, 0.4) is 0 Å². The van der Waals surface area contributed by atoms with Gasteiger partial charge in [0.15, 0.2) is 5.43 Å². The van der Waals surface area contributed by atoms with Gasteiger partial charge in [-0.2, -0.15) is 0 Å². The van der Waals surface area contributed by atoms with Gasteiger partial charge >= 0.3 is 5.97 Å². The number of anilines is 1. The summed E-state index contributed by atoms with van der Waals surface area (Å²) in [4.78, 5) is 23.1. The van der Waals surface area contributed by atoms with Gasteiger partial charge in [0, 0.05) is 17.3 Å². The first-order valence-corrected chi connectivity index (χ1v) is 6.22. The van der Waals surface area contributed by atoms with E-state index in [1.807, 2.05) is 0 Å². The molecule has 0 saturated carbocycles. The lowest BCUT2D eigenvalue weighted by Crippen LogP contribution is -2.03. The molecule has 0 atom stereocenters. The monoisotopic (exact) mass is 281 g/mol. The molecule has 0 spiro atoms. The second kappa shape index (κ2) is 4.79. The summed E-state index contributed by atoms with van der Waals surface area (Å²) in [6.07, 6.45) is 0. The van der Waals surface area contributed by atoms with E-state index in [2.05, 4.69) is 0 Å². The number of carbonyl (C=O) groups is 1. The van der Waals surface area contributed by atoms with Crippen LogP contribution in [0.1, 0.15) is 10.4 Å². The molecule has 0 radical (unpaired) electrons. The maximum atomic E-state index is 12.1. The van der Waals surface area contributed by atoms with E-state index in [1.165, 1.54) is 24.3 Å². The third kappa shape index (κ3) is 2.36. The molecule has 104 valence electrons. The van der Waals surface area contributed by atoms with Crippen molar-refractivity contribution < 1.29 is 14.3 Å². The SMILES string of the molecule is Nc1cccc(-c2cc(=O)c3cc(C(=O)O)ccc3o2)c1. The van der Waals surface area contributed by atoms with Crippen molar-refractivity contribution in [2.24, 2.45) is 0 Å². The lowest BCUT2D eigenvalue weighted by Gasteiger charge is -2.04. The zero-order valence-electron chi connectivity index (χ0n) is 10.9. The van der Waals surface area contributed by atoms with E-state index in [4.69, 9.17) is 15.3 Å². The van der Waals surface area contributed by atoms with Crippen LogP contribution in [-0.2, 0) is 0 Å². The molecule has 0 amide bonds. The highest BCUT2D eigenvalue weighted by atomic mass is 16.4. The van der Waals surface area contributed by atoms with Crippen LogP contribution in [0.25, 0.3) is 22.3 Å². The van der Waals surface area contributed by atoms with Crippen LogP contribution < -0.4 is 11.2 Å². The third-order valence-corrected chi connectivity index (χ3v) is 3.15. The molecule has 1 heterocycles. The Morgan fingerprint density at radius 1 is 1.10 bits per heavy atom. The number of hydrogen-bond donors (Lipinski definition) is 2. The highest BCUT2D eigenvalue weighted by Gasteiger charge is 2.10. The van der Waals surface area contributed by atoms with Gasteiger partial charge in [0.2, 0.25) is 0 Å². The zero-order chi connectivity index (χ0) is 15.0. The van der Waals surface area contributed by atoms with Gasteiger partial charge in [-0.05, 0) is 30.3 Å². The van der Waals surface area contributed by atoms with Crippen molar-refractivity contribution in [2.45, 2.75) is 0 Å². The molecule has 0 aliphatic heterocycles. The minimum Gasteiger partial charge on any atom is -0.478 e. The second-order valence-electron chi connectivity index (χ2n) is 4.62. The molecule has 0 saturated heterocycles. The van der Waals surface area contributed by atoms with Crippen molar-refractivity contribution in [3.63, 3.8) is 0 Å². The molecule has 5 heteroatoms. The Morgan fingerprint density at radius 3 is 2.62 bits per heavy atom. The fraction of sp³-hybridized carbons (Fsp3) is 0. The summed E-state index contributed by atoms with van der Waals surface area (Å²) in [6, 6.07) is 12.5. The first-order chi connectivity index (χ1) is 10.0. The fourth-order valence-electron chi connectivity index (χ4n) is 2.12. The van der Waals surface area contributed by atoms with Crippen LogP contribution in [-0.4, -0.2) is 11.1 Å². The van der Waals surface area contributed by atoms with E-state index in [9.17, 15) is 9.59 Å². The van der Waals surface area contributed by atoms with Crippen LogP contribution >= 0.6 is 0 Å². The van der Waals surface area contributed by atoms with Crippen molar-refractivity contribution in [2.75, 3.05) is 5.73 Å². The summed E-state index contributed by atoms with van der Waals surface area (Å²) in [7, 11) is 0. The molecule has 0 bridgehead atoms. The first kappa shape index (κ1) is 12.9. The van der Waals surface area contributed by atoms with Crippen LogP contribution in [0.5, 0.6) is 0 Å². The van der Waals surface area contributed by atoms with Crippen molar-refractivity contribution in [1.82, 2.24) is 0 Å². The Morgan fingerprint density at radius 2 is 1.90 bits per heavy atom. The number of fused-ring (bicyclic) bond motifs is 1. The molecule has 5 nitrogen and oxygen atoms in total. The Labute approximate surface area is 119 Å². The van der Waals surface area contributed by atoms with Gasteiger partial charge in [0.25, 0.3) is 0 Å². The molecule has 21 heavy (non-hydrogen) atoms. The lowest BCUT2D eigenvalue weighted by atomic mass is 10.1. The van der Waals surface area contributed by atoms with Crippen molar-refractivity contribution in [3.05, 3.63) is 64.3 Å². The maximum Gasteiger partial charge on any atom is 0.335 e. The Hall–Kier alpha value is -3.08. The molecule has 3 rings (SSSR count). The number of carboxylic acid groups (broad SMARTS) is 1. The molecule has 3 N–H and O–H groups in total. The van der Waals surface area contributed by atoms with Gasteiger partial charge in [-0.3, -0.25) is 4.79 Å². The minimum absolute atomic E-state index is 0.0477. The van der Waals surface area contributed by atoms with Gasteiger partial charge < -0.3 is 15.3 Å². The summed E-state index contributed by atoms with van der Waals surface area (Å²) in [5.74, 6) is -0.695. The quantitative estimate of drug-likeness (QED) is 0.704. The molecular formula is C16H11NO4. The van der Waals surface area contributed by atoms with Crippen LogP contribution in [0.2, 0.25) is 0 Å². The van der Waals surface area contributed by atoms with Crippen LogP contribution in [0.15, 0.2) is 57.7 Å². The zero-order valence-corrected chi connectivity index (χ0v) is 10.9. The molecule has 0 aliphatic carbocycles. The number of aromatic carboxylic acids is 1. The third-order valence-electron chi connectivity index (χ3n) is 3.15. The van der Waals surface area contributed by atoms with E-state index in [0.29, 0.717) is 22.6 Å². The van der Waals surface area contributed by atoms with Crippen LogP contribution in [0, 0.1) is 0 Å². The van der Waals surface area contributed by atoms with Crippen LogP contribution in [0.4, 0.5) is 5.69 Å². The smallest absolute Gasteiger partial charge is 0.335 e. The van der Waals surface area contributed by atoms with Gasteiger partial charge in [-0.1, -0.05) is 12.1 Å². The molecule has 1 aromatic heterocycles. The van der Waals surface area contributed by atoms with E-state index in [1.54, 1.807) is 24.3 Å². The normalized spacial score (nSPS) is 10.7. The van der Waals surface area contributed by atoms with Gasteiger partial charge in [0.1, 0.15) is 11.3 Å². The summed E-state index contributed by atoms with van der Waals surface area (Å²) in [5, 5.41) is 9.19. The topological polar surface area (TPSA) is 93.5 Å². The molecule has 0 aliphatic rings. The number of hydrogen-bond acceptors (Lipinski definition) is 4. The molecule has 2 aromatic carbocycles. The molecule has 0 fully saturated rings. The predicted molar refractivity (Wildman–Crippen MR) is 79.3 cm³/mol. The van der Waals surface area contributed by atoms with Gasteiger partial charge in [-0.25, -0.2) is 4.79 Å². The molecule has 0 unspecified atom stereocenters. The average molecular weight is 281 g/mol. The summed E-state index contributed by atoms with van der Waals surface area (Å²) >= 11 is 0. The summed E-state index contributed by atoms with van der Waals surface area (Å²) in [5.41, 5.74) is 7.06. The number of benzene rings is 2. The van der Waals surface area contributed by atoms with E-state index < -0.39 is 5.97 Å². The van der Waals surface area contributed by atoms with Crippen molar-refractivity contribution >= 4 is 22.6 Å². The van der Waals surface area contributed by atoms with E-state index in [0.717, 1.165) is 0 Å². The fourth-order valence-corrected chi connectivity index (χ4v) is 2.12. The van der Waals surface area contributed by atoms with Crippen molar-refractivity contribution in [3.8, 4) is 11.3 Å². The summed E-state index contributed by atoms with van der Waals surface area (Å²) < 4.78 is 5.67. The first-order valence-electron chi connectivity index (χ1n) is 6.22. The number of nitrogen functional groups attached to an aromatic ring is 1. The largest absolute Gasteiger partial charge is 0.478 e. The second-order valence-corrected chi connectivity index (χ2v) is 4.62. The highest BCUT2D eigenvalue weighted by molar-refractivity contribution is 5.93. The van der Waals surface area contributed by atoms with Gasteiger partial charge in [0.05, 0.1) is 10.9 Å². The Bertz CT molecular complexity index is 912. The van der Waals surface area contributed by atoms with E-state index >= 15 is 0 Å². The number of carboxylic acids is 1. The molecule has 3 aromatic rings. The predicted octanol–water partition coefficient (Wildman–Crippen LogP) is 2.74. The van der Waals surface area contributed by atoms with Crippen molar-refractivity contribution in [1.29, 1.82) is 0 Å². The van der Waals surface area contributed by atoms with Gasteiger partial charge in [-0.15, -0.1) is 0 Å². The summed E-state index contributed by atoms with van der Waals surface area (Å²) in [6.45, 7) is 0. The van der Waals surface area contributed by atoms with E-state index in [-0.39, 0.29) is 16.4 Å². The Balaban J connectivity index is 2.23. The number of rotatable bonds is 2. The molecular weight excluding hydrogens is 270 g/mol. The average Bonchev–Trinajstić information content (AvgIpc) is 2.46. The standard InChI is InChI=1S/C16H11NO4/c17-11-3-1-2-9(6-11)15-8-13(18)12-7-10(16(19)20)4-5-14(12)21-15/h1-8H,17H2,(H,19,20).